The van der Waals surface area contributed by atoms with Crippen LogP contribution in [0.15, 0.2) is 66.7 Å². The van der Waals surface area contributed by atoms with Crippen LogP contribution in [0, 0.1) is 6.92 Å². The predicted molar refractivity (Wildman–Crippen MR) is 145 cm³/mol. The van der Waals surface area contributed by atoms with Crippen LogP contribution in [-0.4, -0.2) is 42.0 Å². The molecule has 0 unspecified atom stereocenters. The highest BCUT2D eigenvalue weighted by Gasteiger charge is 2.22. The third-order valence-electron chi connectivity index (χ3n) is 6.17. The maximum atomic E-state index is 13.5. The number of aromatic nitrogens is 1. The maximum Gasteiger partial charge on any atom is 0.233 e. The summed E-state index contributed by atoms with van der Waals surface area (Å²) >= 11 is 7.95. The summed E-state index contributed by atoms with van der Waals surface area (Å²) in [5, 5.41) is 1.39. The molecule has 0 fully saturated rings. The maximum absolute atomic E-state index is 13.5. The fraction of sp³-hybridized carbons (Fsp3) is 0.286. The predicted octanol–water partition coefficient (Wildman–Crippen LogP) is 6.84. The van der Waals surface area contributed by atoms with Crippen molar-refractivity contribution in [2.75, 3.05) is 31.1 Å². The molecule has 0 saturated carbocycles. The van der Waals surface area contributed by atoms with Crippen molar-refractivity contribution in [1.29, 1.82) is 0 Å². The minimum absolute atomic E-state index is 0.0486. The number of aryl methyl sites for hydroxylation is 1. The average Bonchev–Trinajstić information content (AvgIpc) is 3.32. The lowest BCUT2D eigenvalue weighted by molar-refractivity contribution is -0.118. The zero-order valence-electron chi connectivity index (χ0n) is 19.9. The van der Waals surface area contributed by atoms with Gasteiger partial charge in [-0.3, -0.25) is 9.69 Å². The van der Waals surface area contributed by atoms with E-state index in [4.69, 9.17) is 16.6 Å². The molecule has 176 valence electrons. The van der Waals surface area contributed by atoms with Crippen molar-refractivity contribution < 1.29 is 4.79 Å². The highest BCUT2D eigenvalue weighted by Crippen LogP contribution is 2.36. The molecule has 4 nitrogen and oxygen atoms in total. The summed E-state index contributed by atoms with van der Waals surface area (Å²) in [4.78, 5) is 22.5. The third-order valence-corrected chi connectivity index (χ3v) is 7.71. The van der Waals surface area contributed by atoms with Gasteiger partial charge in [0.15, 0.2) is 5.13 Å². The largest absolute Gasteiger partial charge is 0.302 e. The van der Waals surface area contributed by atoms with E-state index in [9.17, 15) is 4.79 Å². The van der Waals surface area contributed by atoms with Gasteiger partial charge in [-0.1, -0.05) is 97.4 Å². The fourth-order valence-electron chi connectivity index (χ4n) is 4.03. The molecule has 34 heavy (non-hydrogen) atoms. The second-order valence-corrected chi connectivity index (χ2v) is 9.74. The van der Waals surface area contributed by atoms with Gasteiger partial charge in [0, 0.05) is 13.1 Å². The van der Waals surface area contributed by atoms with E-state index < -0.39 is 0 Å². The Hall–Kier alpha value is -2.73. The number of benzene rings is 3. The highest BCUT2D eigenvalue weighted by molar-refractivity contribution is 7.23. The third kappa shape index (κ3) is 5.49. The van der Waals surface area contributed by atoms with Gasteiger partial charge in [-0.15, -0.1) is 0 Å². The van der Waals surface area contributed by atoms with Gasteiger partial charge in [0.05, 0.1) is 21.7 Å². The van der Waals surface area contributed by atoms with Crippen LogP contribution in [0.1, 0.15) is 25.0 Å². The molecule has 0 atom stereocenters. The number of hydrogen-bond donors (Lipinski definition) is 0. The zero-order valence-corrected chi connectivity index (χ0v) is 21.5. The molecule has 4 rings (SSSR count). The van der Waals surface area contributed by atoms with Gasteiger partial charge in [-0.25, -0.2) is 4.98 Å². The van der Waals surface area contributed by atoms with Crippen LogP contribution in [0.5, 0.6) is 0 Å². The van der Waals surface area contributed by atoms with Crippen LogP contribution in [0.2, 0.25) is 5.02 Å². The molecular formula is C28H30ClN3OS. The number of amides is 1. The van der Waals surface area contributed by atoms with Crippen LogP contribution in [0.4, 0.5) is 5.13 Å². The van der Waals surface area contributed by atoms with Gasteiger partial charge in [0.2, 0.25) is 5.91 Å². The molecule has 6 heteroatoms. The van der Waals surface area contributed by atoms with Crippen molar-refractivity contribution >= 4 is 44.2 Å². The molecule has 1 aromatic heterocycles. The van der Waals surface area contributed by atoms with Gasteiger partial charge in [0.25, 0.3) is 0 Å². The van der Waals surface area contributed by atoms with Gasteiger partial charge >= 0.3 is 0 Å². The Labute approximate surface area is 210 Å². The van der Waals surface area contributed by atoms with Crippen LogP contribution < -0.4 is 4.90 Å². The smallest absolute Gasteiger partial charge is 0.233 e. The standard InChI is InChI=1S/C28H30ClN3OS/c1-4-31(5-2)17-18-32(28-30-26-20(3)11-16-24(29)27(26)34-28)25(33)19-21-12-14-23(15-13-21)22-9-7-6-8-10-22/h6-16H,4-5,17-19H2,1-3H3. The molecule has 0 saturated heterocycles. The lowest BCUT2D eigenvalue weighted by Crippen LogP contribution is -2.39. The molecule has 0 N–H and O–H groups in total. The van der Waals surface area contributed by atoms with Crippen molar-refractivity contribution in [2.45, 2.75) is 27.2 Å². The van der Waals surface area contributed by atoms with Crippen molar-refractivity contribution in [3.8, 4) is 11.1 Å². The van der Waals surface area contributed by atoms with E-state index in [1.165, 1.54) is 16.9 Å². The van der Waals surface area contributed by atoms with Gasteiger partial charge < -0.3 is 4.90 Å². The van der Waals surface area contributed by atoms with E-state index in [0.29, 0.717) is 23.1 Å². The normalized spacial score (nSPS) is 11.3. The summed E-state index contributed by atoms with van der Waals surface area (Å²) < 4.78 is 0.935. The molecule has 0 spiro atoms. The van der Waals surface area contributed by atoms with Crippen LogP contribution in [-0.2, 0) is 11.2 Å². The minimum atomic E-state index is 0.0486. The molecule has 0 aliphatic rings. The summed E-state index contributed by atoms with van der Waals surface area (Å²) in [6.07, 6.45) is 0.329. The van der Waals surface area contributed by atoms with Crippen molar-refractivity contribution in [3.63, 3.8) is 0 Å². The Kier molecular flexibility index (Phi) is 7.99. The number of carbonyl (C=O) groups excluding carboxylic acids is 1. The summed E-state index contributed by atoms with van der Waals surface area (Å²) in [5.41, 5.74) is 5.25. The summed E-state index contributed by atoms with van der Waals surface area (Å²) in [5.74, 6) is 0.0486. The Morgan fingerprint density at radius 1 is 0.912 bits per heavy atom. The second kappa shape index (κ2) is 11.1. The van der Waals surface area contributed by atoms with E-state index >= 15 is 0 Å². The van der Waals surface area contributed by atoms with Crippen LogP contribution in [0.25, 0.3) is 21.3 Å². The second-order valence-electron chi connectivity index (χ2n) is 8.35. The molecule has 0 aliphatic heterocycles. The minimum Gasteiger partial charge on any atom is -0.302 e. The number of likely N-dealkylation sites (N-methyl/N-ethyl adjacent to an activating group) is 1. The van der Waals surface area contributed by atoms with Crippen LogP contribution >= 0.6 is 22.9 Å². The van der Waals surface area contributed by atoms with E-state index in [1.54, 1.807) is 0 Å². The number of hydrogen-bond acceptors (Lipinski definition) is 4. The molecule has 1 heterocycles. The monoisotopic (exact) mass is 491 g/mol. The zero-order chi connectivity index (χ0) is 24.1. The SMILES string of the molecule is CCN(CC)CCN(C(=O)Cc1ccc(-c2ccccc2)cc1)c1nc2c(C)ccc(Cl)c2s1. The van der Waals surface area contributed by atoms with Crippen molar-refractivity contribution in [1.82, 2.24) is 9.88 Å². The number of nitrogens with zero attached hydrogens (tertiary/aromatic N) is 3. The molecule has 1 amide bonds. The Morgan fingerprint density at radius 2 is 1.59 bits per heavy atom. The number of thiazole rings is 1. The first-order valence-corrected chi connectivity index (χ1v) is 12.9. The van der Waals surface area contributed by atoms with E-state index in [2.05, 4.69) is 43.0 Å². The number of carbonyl (C=O) groups is 1. The topological polar surface area (TPSA) is 36.4 Å². The molecule has 0 aliphatic carbocycles. The molecule has 0 radical (unpaired) electrons. The first kappa shape index (κ1) is 24.4. The lowest BCUT2D eigenvalue weighted by atomic mass is 10.0. The Bertz CT molecular complexity index is 1210. The number of anilines is 1. The fourth-order valence-corrected chi connectivity index (χ4v) is 5.39. The Balaban J connectivity index is 1.59. The first-order chi connectivity index (χ1) is 16.5. The van der Waals surface area contributed by atoms with Crippen molar-refractivity contribution in [3.05, 3.63) is 82.9 Å². The van der Waals surface area contributed by atoms with Gasteiger partial charge in [-0.2, -0.15) is 0 Å². The molecular weight excluding hydrogens is 462 g/mol. The number of fused-ring (bicyclic) bond motifs is 1. The quantitative estimate of drug-likeness (QED) is 0.257. The van der Waals surface area contributed by atoms with Crippen LogP contribution in [0.3, 0.4) is 0 Å². The van der Waals surface area contributed by atoms with E-state index in [1.807, 2.05) is 54.3 Å². The summed E-state index contributed by atoms with van der Waals surface area (Å²) in [6.45, 7) is 9.61. The molecule has 4 aromatic rings. The molecule has 3 aromatic carbocycles. The average molecular weight is 492 g/mol. The summed E-state index contributed by atoms with van der Waals surface area (Å²) in [7, 11) is 0. The van der Waals surface area contributed by atoms with Crippen molar-refractivity contribution in [2.24, 2.45) is 0 Å². The first-order valence-electron chi connectivity index (χ1n) is 11.7. The van der Waals surface area contributed by atoms with Gasteiger partial charge in [-0.05, 0) is 48.3 Å². The lowest BCUT2D eigenvalue weighted by Gasteiger charge is -2.24. The summed E-state index contributed by atoms with van der Waals surface area (Å²) in [6, 6.07) is 22.4. The Morgan fingerprint density at radius 3 is 2.24 bits per heavy atom. The van der Waals surface area contributed by atoms with Gasteiger partial charge in [0.1, 0.15) is 0 Å². The van der Waals surface area contributed by atoms with E-state index in [-0.39, 0.29) is 5.91 Å². The number of rotatable bonds is 9. The number of halogens is 1. The molecule has 0 bridgehead atoms. The van der Waals surface area contributed by atoms with E-state index in [0.717, 1.165) is 46.5 Å². The highest BCUT2D eigenvalue weighted by atomic mass is 35.5.